The molecule has 0 fully saturated rings. The third-order valence-corrected chi connectivity index (χ3v) is 1.79. The van der Waals surface area contributed by atoms with Gasteiger partial charge in [0.05, 0.1) is 0 Å². The first-order chi connectivity index (χ1) is 3.43. The zero-order chi connectivity index (χ0) is 5.11. The van der Waals surface area contributed by atoms with Crippen LogP contribution in [0.4, 0.5) is 0 Å². The van der Waals surface area contributed by atoms with Crippen molar-refractivity contribution in [1.82, 2.24) is 15.2 Å². The molecular weight excluding hydrogens is 206 g/mol. The average molecular weight is 209 g/mol. The third kappa shape index (κ3) is 1.31. The first kappa shape index (κ1) is 5.37. The topological polar surface area (TPSA) is 41.6 Å². The summed E-state index contributed by atoms with van der Waals surface area (Å²) in [5.41, 5.74) is 0. The molecule has 1 aromatic heterocycles. The van der Waals surface area contributed by atoms with E-state index >= 15 is 0 Å². The molecular formula is C2H3AgN3S. The van der Waals surface area contributed by atoms with E-state index in [1.54, 1.807) is 6.33 Å². The van der Waals surface area contributed by atoms with Crippen LogP contribution in [0, 0.1) is 0 Å². The summed E-state index contributed by atoms with van der Waals surface area (Å²) in [4.78, 5) is 3.80. The van der Waals surface area contributed by atoms with E-state index in [1.807, 2.05) is 0 Å². The van der Waals surface area contributed by atoms with Crippen LogP contribution in [0.5, 0.6) is 0 Å². The zero-order valence-electron chi connectivity index (χ0n) is 3.22. The van der Waals surface area contributed by atoms with Gasteiger partial charge in [-0.15, -0.1) is 0 Å². The quantitative estimate of drug-likeness (QED) is 0.477. The number of aromatic nitrogens is 3. The number of nitrogens with one attached hydrogen (secondary N) is 1. The fraction of sp³-hybridized carbons (Fsp3) is 0. The van der Waals surface area contributed by atoms with Crippen LogP contribution in [0.3, 0.4) is 0 Å². The van der Waals surface area contributed by atoms with Crippen molar-refractivity contribution in [3.8, 4) is 0 Å². The fourth-order valence-corrected chi connectivity index (χ4v) is 0.951. The minimum atomic E-state index is 0.379. The van der Waals surface area contributed by atoms with E-state index in [4.69, 9.17) is 0 Å². The van der Waals surface area contributed by atoms with Gasteiger partial charge in [0.1, 0.15) is 0 Å². The normalized spacial score (nSPS) is 9.86. The van der Waals surface area contributed by atoms with Crippen LogP contribution in [0.25, 0.3) is 0 Å². The van der Waals surface area contributed by atoms with Gasteiger partial charge in [0, 0.05) is 0 Å². The summed E-state index contributed by atoms with van der Waals surface area (Å²) in [5, 5.41) is 6.31. The van der Waals surface area contributed by atoms with Gasteiger partial charge < -0.3 is 0 Å². The number of H-pyrrole nitrogens is 1. The second kappa shape index (κ2) is 2.52. The Morgan fingerprint density at radius 3 is 3.00 bits per heavy atom. The molecule has 0 aliphatic heterocycles. The second-order valence-corrected chi connectivity index (χ2v) is 2.59. The molecule has 0 radical (unpaired) electrons. The summed E-state index contributed by atoms with van der Waals surface area (Å²) in [5.74, 6) is 0. The molecule has 43 valence electrons. The molecule has 1 N–H and O–H groups in total. The van der Waals surface area contributed by atoms with Gasteiger partial charge in [0.15, 0.2) is 0 Å². The molecule has 0 aliphatic rings. The van der Waals surface area contributed by atoms with Gasteiger partial charge in [-0.25, -0.2) is 0 Å². The van der Waals surface area contributed by atoms with Crippen LogP contribution in [-0.4, -0.2) is 15.2 Å². The Bertz CT molecular complexity index is 127. The van der Waals surface area contributed by atoms with Crippen molar-refractivity contribution in [3.05, 3.63) is 6.33 Å². The molecule has 0 aliphatic carbocycles. The summed E-state index contributed by atoms with van der Waals surface area (Å²) >= 11 is 0.379. The van der Waals surface area contributed by atoms with E-state index in [2.05, 4.69) is 25.3 Å². The molecule has 0 atom stereocenters. The summed E-state index contributed by atoms with van der Waals surface area (Å²) in [6.45, 7) is 0. The van der Waals surface area contributed by atoms with Crippen LogP contribution in [0.15, 0.2) is 6.33 Å². The summed E-state index contributed by atoms with van der Waals surface area (Å²) in [6, 6.07) is 0. The molecule has 5 heteroatoms. The number of thiol groups is 1. The SMILES string of the molecule is [SH][Ag][c]1nc[nH]n1. The van der Waals surface area contributed by atoms with Gasteiger partial charge in [-0.3, -0.25) is 0 Å². The van der Waals surface area contributed by atoms with E-state index in [-0.39, 0.29) is 0 Å². The fourth-order valence-electron chi connectivity index (χ4n) is 0.216. The molecule has 3 nitrogen and oxygen atoms in total. The van der Waals surface area contributed by atoms with Crippen molar-refractivity contribution in [3.63, 3.8) is 0 Å². The monoisotopic (exact) mass is 208 g/mol. The van der Waals surface area contributed by atoms with Crippen molar-refractivity contribution >= 4 is 14.1 Å². The van der Waals surface area contributed by atoms with E-state index in [1.165, 1.54) is 0 Å². The molecule has 0 spiro atoms. The summed E-state index contributed by atoms with van der Waals surface area (Å²) in [7, 11) is 3.96. The first-order valence-electron chi connectivity index (χ1n) is 1.50. The Morgan fingerprint density at radius 2 is 2.71 bits per heavy atom. The van der Waals surface area contributed by atoms with E-state index < -0.39 is 0 Å². The van der Waals surface area contributed by atoms with Gasteiger partial charge in [0.2, 0.25) is 0 Å². The average Bonchev–Trinajstić information content (AvgIpc) is 2.14. The Labute approximate surface area is 54.2 Å². The number of hydrogen-bond acceptors (Lipinski definition) is 3. The predicted molar refractivity (Wildman–Crippen MR) is 25.0 cm³/mol. The van der Waals surface area contributed by atoms with E-state index in [0.29, 0.717) is 18.4 Å². The van der Waals surface area contributed by atoms with Crippen molar-refractivity contribution in [2.45, 2.75) is 0 Å². The van der Waals surface area contributed by atoms with Crippen molar-refractivity contribution in [2.75, 3.05) is 0 Å². The van der Waals surface area contributed by atoms with Crippen LogP contribution >= 0.6 is 10.1 Å². The minimum absolute atomic E-state index is 0.379. The molecule has 0 saturated carbocycles. The number of nitrogens with zero attached hydrogens (tertiary/aromatic N) is 2. The number of rotatable bonds is 1. The molecule has 7 heavy (non-hydrogen) atoms. The maximum atomic E-state index is 3.96. The Balaban J connectivity index is 2.76. The number of aromatic amines is 1. The Hall–Kier alpha value is 0.230. The molecule has 0 aromatic carbocycles. The molecule has 1 rings (SSSR count). The van der Waals surface area contributed by atoms with Crippen LogP contribution in [0.2, 0.25) is 0 Å². The molecule has 1 heterocycles. The maximum absolute atomic E-state index is 3.96. The van der Waals surface area contributed by atoms with Gasteiger partial charge in [-0.05, 0) is 0 Å². The van der Waals surface area contributed by atoms with Gasteiger partial charge in [-0.2, -0.15) is 0 Å². The van der Waals surface area contributed by atoms with E-state index in [0.717, 1.165) is 4.04 Å². The first-order valence-corrected chi connectivity index (χ1v) is 4.50. The zero-order valence-corrected chi connectivity index (χ0v) is 5.60. The number of hydrogen-bond donors (Lipinski definition) is 2. The van der Waals surface area contributed by atoms with Gasteiger partial charge in [-0.1, -0.05) is 0 Å². The molecule has 0 saturated heterocycles. The second-order valence-electron chi connectivity index (χ2n) is 0.801. The van der Waals surface area contributed by atoms with Gasteiger partial charge >= 0.3 is 54.1 Å². The van der Waals surface area contributed by atoms with E-state index in [9.17, 15) is 0 Å². The standard InChI is InChI=1S/C2H2N3.Ag.H2S/c1-3-2-5-4-1;;/h1H,(H,3,4,5);;1H2/q;+1;/p-1. The van der Waals surface area contributed by atoms with Gasteiger partial charge in [0.25, 0.3) is 0 Å². The molecule has 1 aromatic rings. The summed E-state index contributed by atoms with van der Waals surface area (Å²) < 4.78 is 0.769. The van der Waals surface area contributed by atoms with Crippen LogP contribution in [-0.2, 0) is 18.4 Å². The van der Waals surface area contributed by atoms with Crippen molar-refractivity contribution in [1.29, 1.82) is 0 Å². The van der Waals surface area contributed by atoms with Crippen molar-refractivity contribution < 1.29 is 18.4 Å². The molecule has 0 amide bonds. The summed E-state index contributed by atoms with van der Waals surface area (Å²) in [6.07, 6.45) is 1.54. The van der Waals surface area contributed by atoms with Crippen LogP contribution in [0.1, 0.15) is 0 Å². The van der Waals surface area contributed by atoms with Crippen molar-refractivity contribution in [2.24, 2.45) is 0 Å². The predicted octanol–water partition coefficient (Wildman–Crippen LogP) is -0.643. The third-order valence-electron chi connectivity index (χ3n) is 0.428. The molecule has 0 unspecified atom stereocenters. The Morgan fingerprint density at radius 1 is 1.86 bits per heavy atom. The van der Waals surface area contributed by atoms with Crippen LogP contribution < -0.4 is 4.04 Å². The molecule has 0 bridgehead atoms. The Kier molecular flexibility index (Phi) is 1.93.